The van der Waals surface area contributed by atoms with E-state index in [2.05, 4.69) is 49.5 Å². The van der Waals surface area contributed by atoms with E-state index in [-0.39, 0.29) is 0 Å². The highest BCUT2D eigenvalue weighted by Crippen LogP contribution is 2.28. The van der Waals surface area contributed by atoms with Gasteiger partial charge in [-0.25, -0.2) is 0 Å². The fourth-order valence-electron chi connectivity index (χ4n) is 2.75. The molecule has 0 amide bonds. The highest BCUT2D eigenvalue weighted by Gasteiger charge is 2.24. The van der Waals surface area contributed by atoms with Gasteiger partial charge < -0.3 is 5.32 Å². The van der Waals surface area contributed by atoms with E-state index in [9.17, 15) is 0 Å². The molecule has 1 saturated carbocycles. The molecule has 1 aliphatic carbocycles. The van der Waals surface area contributed by atoms with Gasteiger partial charge in [-0.3, -0.25) is 0 Å². The monoisotopic (exact) mass is 263 g/mol. The smallest absolute Gasteiger partial charge is 0.0106 e. The van der Waals surface area contributed by atoms with Crippen LogP contribution < -0.4 is 5.32 Å². The van der Waals surface area contributed by atoms with Gasteiger partial charge in [0.25, 0.3) is 0 Å². The molecule has 1 aromatic rings. The van der Waals surface area contributed by atoms with Gasteiger partial charge in [0, 0.05) is 23.2 Å². The Morgan fingerprint density at radius 2 is 1.94 bits per heavy atom. The number of benzene rings is 1. The molecule has 2 heteroatoms. The predicted molar refractivity (Wildman–Crippen MR) is 81.1 cm³/mol. The minimum atomic E-state index is 0.741. The molecule has 0 saturated heterocycles. The zero-order chi connectivity index (χ0) is 12.8. The van der Waals surface area contributed by atoms with Gasteiger partial charge in [0.2, 0.25) is 0 Å². The summed E-state index contributed by atoms with van der Waals surface area (Å²) in [6.45, 7) is 5.91. The molecule has 1 aliphatic rings. The summed E-state index contributed by atoms with van der Waals surface area (Å²) in [5, 5.41) is 3.75. The molecular weight excluding hydrogens is 238 g/mol. The van der Waals surface area contributed by atoms with Crippen molar-refractivity contribution in [2.24, 2.45) is 11.8 Å². The normalized spacial score (nSPS) is 28.2. The van der Waals surface area contributed by atoms with E-state index in [1.165, 1.54) is 29.9 Å². The molecule has 0 bridgehead atoms. The summed E-state index contributed by atoms with van der Waals surface area (Å²) in [6, 6.07) is 11.4. The van der Waals surface area contributed by atoms with Crippen LogP contribution in [0, 0.1) is 11.8 Å². The van der Waals surface area contributed by atoms with Crippen molar-refractivity contribution in [1.82, 2.24) is 5.32 Å². The minimum absolute atomic E-state index is 0.741. The molecule has 0 heterocycles. The van der Waals surface area contributed by atoms with E-state index < -0.39 is 0 Å². The highest BCUT2D eigenvalue weighted by molar-refractivity contribution is 7.99. The molecule has 0 aromatic heterocycles. The Balaban J connectivity index is 1.66. The van der Waals surface area contributed by atoms with Gasteiger partial charge in [-0.1, -0.05) is 38.5 Å². The van der Waals surface area contributed by atoms with Crippen LogP contribution in [0.25, 0.3) is 0 Å². The van der Waals surface area contributed by atoms with Crippen molar-refractivity contribution >= 4 is 11.8 Å². The molecule has 3 atom stereocenters. The second-order valence-corrected chi connectivity index (χ2v) is 6.79. The Bertz CT molecular complexity index is 338. The molecule has 0 spiro atoms. The van der Waals surface area contributed by atoms with E-state index in [1.807, 2.05) is 11.8 Å². The average molecular weight is 263 g/mol. The summed E-state index contributed by atoms with van der Waals surface area (Å²) in [5.74, 6) is 2.92. The maximum absolute atomic E-state index is 3.75. The fourth-order valence-corrected chi connectivity index (χ4v) is 3.55. The van der Waals surface area contributed by atoms with E-state index >= 15 is 0 Å². The molecule has 0 radical (unpaired) electrons. The molecular formula is C16H25NS. The standard InChI is InChI=1S/C16H25NS/c1-13-8-9-14(2)16(12-13)17-10-11-18-15-6-4-3-5-7-15/h3-7,13-14,16-17H,8-12H2,1-2H3. The summed E-state index contributed by atoms with van der Waals surface area (Å²) in [4.78, 5) is 1.38. The molecule has 100 valence electrons. The first-order valence-corrected chi connectivity index (χ1v) is 8.15. The molecule has 3 unspecified atom stereocenters. The van der Waals surface area contributed by atoms with Crippen LogP contribution in [-0.4, -0.2) is 18.3 Å². The van der Waals surface area contributed by atoms with Crippen molar-refractivity contribution in [3.63, 3.8) is 0 Å². The van der Waals surface area contributed by atoms with Crippen LogP contribution in [0.4, 0.5) is 0 Å². The van der Waals surface area contributed by atoms with Crippen molar-refractivity contribution in [2.45, 2.75) is 44.0 Å². The van der Waals surface area contributed by atoms with Gasteiger partial charge in [-0.05, 0) is 36.8 Å². The van der Waals surface area contributed by atoms with Gasteiger partial charge in [0.05, 0.1) is 0 Å². The second-order valence-electron chi connectivity index (χ2n) is 5.62. The minimum Gasteiger partial charge on any atom is -0.313 e. The van der Waals surface area contributed by atoms with Crippen LogP contribution in [0.3, 0.4) is 0 Å². The maximum Gasteiger partial charge on any atom is 0.0106 e. The summed E-state index contributed by atoms with van der Waals surface area (Å²) >= 11 is 1.95. The molecule has 1 N–H and O–H groups in total. The first kappa shape index (κ1) is 14.0. The van der Waals surface area contributed by atoms with Gasteiger partial charge in [-0.2, -0.15) is 0 Å². The van der Waals surface area contributed by atoms with E-state index in [0.717, 1.165) is 24.4 Å². The first-order valence-electron chi connectivity index (χ1n) is 7.17. The third-order valence-corrected chi connectivity index (χ3v) is 4.99. The molecule has 18 heavy (non-hydrogen) atoms. The van der Waals surface area contributed by atoms with Gasteiger partial charge in [0.1, 0.15) is 0 Å². The summed E-state index contributed by atoms with van der Waals surface area (Å²) < 4.78 is 0. The van der Waals surface area contributed by atoms with Crippen molar-refractivity contribution in [2.75, 3.05) is 12.3 Å². The number of thioether (sulfide) groups is 1. The Morgan fingerprint density at radius 3 is 2.72 bits per heavy atom. The summed E-state index contributed by atoms with van der Waals surface area (Å²) in [5.41, 5.74) is 0. The third kappa shape index (κ3) is 4.33. The zero-order valence-corrected chi connectivity index (χ0v) is 12.4. The molecule has 1 nitrogen and oxygen atoms in total. The van der Waals surface area contributed by atoms with E-state index in [4.69, 9.17) is 0 Å². The van der Waals surface area contributed by atoms with Gasteiger partial charge >= 0.3 is 0 Å². The number of nitrogens with one attached hydrogen (secondary N) is 1. The number of hydrogen-bond acceptors (Lipinski definition) is 2. The maximum atomic E-state index is 3.75. The van der Waals surface area contributed by atoms with Crippen LogP contribution in [-0.2, 0) is 0 Å². The van der Waals surface area contributed by atoms with Crippen LogP contribution in [0.1, 0.15) is 33.1 Å². The van der Waals surface area contributed by atoms with Crippen LogP contribution in [0.5, 0.6) is 0 Å². The Morgan fingerprint density at radius 1 is 1.17 bits per heavy atom. The Kier molecular flexibility index (Phi) is 5.58. The van der Waals surface area contributed by atoms with Crippen LogP contribution in [0.15, 0.2) is 35.2 Å². The third-order valence-electron chi connectivity index (χ3n) is 3.98. The lowest BCUT2D eigenvalue weighted by atomic mass is 9.80. The first-order chi connectivity index (χ1) is 8.75. The van der Waals surface area contributed by atoms with Crippen LogP contribution >= 0.6 is 11.8 Å². The van der Waals surface area contributed by atoms with Crippen molar-refractivity contribution < 1.29 is 0 Å². The SMILES string of the molecule is CC1CCC(C)C(NCCSc2ccccc2)C1. The van der Waals surface area contributed by atoms with E-state index in [0.29, 0.717) is 0 Å². The average Bonchev–Trinajstić information content (AvgIpc) is 2.40. The lowest BCUT2D eigenvalue weighted by Gasteiger charge is -2.33. The Hall–Kier alpha value is -0.470. The lowest BCUT2D eigenvalue weighted by molar-refractivity contribution is 0.232. The van der Waals surface area contributed by atoms with Crippen LogP contribution in [0.2, 0.25) is 0 Å². The molecule has 0 aliphatic heterocycles. The van der Waals surface area contributed by atoms with Crippen molar-refractivity contribution in [1.29, 1.82) is 0 Å². The second kappa shape index (κ2) is 7.20. The zero-order valence-electron chi connectivity index (χ0n) is 11.6. The predicted octanol–water partition coefficient (Wildman–Crippen LogP) is 4.19. The van der Waals surface area contributed by atoms with E-state index in [1.54, 1.807) is 0 Å². The quantitative estimate of drug-likeness (QED) is 0.631. The summed E-state index contributed by atoms with van der Waals surface area (Å²) in [6.07, 6.45) is 4.17. The number of rotatable bonds is 5. The number of hydrogen-bond donors (Lipinski definition) is 1. The largest absolute Gasteiger partial charge is 0.313 e. The highest BCUT2D eigenvalue weighted by atomic mass is 32.2. The molecule has 1 aromatic carbocycles. The molecule has 2 rings (SSSR count). The topological polar surface area (TPSA) is 12.0 Å². The van der Waals surface area contributed by atoms with Gasteiger partial charge in [-0.15, -0.1) is 11.8 Å². The lowest BCUT2D eigenvalue weighted by Crippen LogP contribution is -2.40. The fraction of sp³-hybridized carbons (Fsp3) is 0.625. The van der Waals surface area contributed by atoms with Gasteiger partial charge in [0.15, 0.2) is 0 Å². The Labute approximate surface area is 116 Å². The summed E-state index contributed by atoms with van der Waals surface area (Å²) in [7, 11) is 0. The molecule has 1 fully saturated rings. The van der Waals surface area contributed by atoms with Crippen molar-refractivity contribution in [3.8, 4) is 0 Å². The van der Waals surface area contributed by atoms with Crippen molar-refractivity contribution in [3.05, 3.63) is 30.3 Å².